The third-order valence-corrected chi connectivity index (χ3v) is 3.72. The first-order valence-electron chi connectivity index (χ1n) is 8.55. The van der Waals surface area contributed by atoms with E-state index in [9.17, 15) is 14.4 Å². The second kappa shape index (κ2) is 10.3. The fraction of sp³-hybridized carbons (Fsp3) is 0.833. The van der Waals surface area contributed by atoms with Gasteiger partial charge in [-0.15, -0.1) is 0 Å². The molecule has 0 saturated heterocycles. The Morgan fingerprint density at radius 1 is 1.00 bits per heavy atom. The lowest BCUT2D eigenvalue weighted by molar-refractivity contribution is -0.168. The van der Waals surface area contributed by atoms with Crippen LogP contribution >= 0.6 is 0 Å². The molecule has 0 amide bonds. The molecule has 0 aliphatic heterocycles. The summed E-state index contributed by atoms with van der Waals surface area (Å²) >= 11 is 0. The Morgan fingerprint density at radius 2 is 1.54 bits per heavy atom. The molecule has 1 unspecified atom stereocenters. The lowest BCUT2D eigenvalue weighted by Crippen LogP contribution is -2.42. The molecule has 24 heavy (non-hydrogen) atoms. The number of carboxylic acid groups (broad SMARTS) is 1. The minimum absolute atomic E-state index is 0.0549. The second-order valence-corrected chi connectivity index (χ2v) is 7.51. The Morgan fingerprint density at radius 3 is 2.00 bits per heavy atom. The summed E-state index contributed by atoms with van der Waals surface area (Å²) in [5.41, 5.74) is -0.505. The van der Waals surface area contributed by atoms with Gasteiger partial charge in [0, 0.05) is 18.3 Å². The summed E-state index contributed by atoms with van der Waals surface area (Å²) in [5.74, 6) is -1.60. The van der Waals surface area contributed by atoms with E-state index in [1.807, 2.05) is 27.7 Å². The van der Waals surface area contributed by atoms with Crippen LogP contribution in [0.4, 0.5) is 0 Å². The highest BCUT2D eigenvalue weighted by molar-refractivity contribution is 5.72. The van der Waals surface area contributed by atoms with E-state index in [2.05, 4.69) is 0 Å². The standard InChI is InChI=1S/C18H32O6/c1-12(2)16(24-17(22)13(3)4)18(5,6)11-23-15(21)10-8-7-9-14(19)20/h12-13,16H,7-11H2,1-6H3,(H,19,20). The molecule has 0 aliphatic rings. The molecule has 0 fully saturated rings. The van der Waals surface area contributed by atoms with Crippen molar-refractivity contribution < 1.29 is 29.0 Å². The topological polar surface area (TPSA) is 89.9 Å². The van der Waals surface area contributed by atoms with Crippen molar-refractivity contribution in [2.24, 2.45) is 17.3 Å². The Hall–Kier alpha value is -1.59. The highest BCUT2D eigenvalue weighted by atomic mass is 16.6. The molecule has 0 heterocycles. The lowest BCUT2D eigenvalue weighted by Gasteiger charge is -2.36. The van der Waals surface area contributed by atoms with Crippen molar-refractivity contribution in [3.8, 4) is 0 Å². The molecule has 0 rings (SSSR count). The molecule has 1 atom stereocenters. The van der Waals surface area contributed by atoms with Crippen molar-refractivity contribution in [1.29, 1.82) is 0 Å². The summed E-state index contributed by atoms with van der Waals surface area (Å²) in [6.07, 6.45) is 0.837. The van der Waals surface area contributed by atoms with E-state index in [1.54, 1.807) is 13.8 Å². The van der Waals surface area contributed by atoms with E-state index in [0.717, 1.165) is 0 Å². The molecule has 0 saturated carbocycles. The summed E-state index contributed by atoms with van der Waals surface area (Å²) in [4.78, 5) is 34.1. The predicted molar refractivity (Wildman–Crippen MR) is 90.4 cm³/mol. The van der Waals surface area contributed by atoms with Gasteiger partial charge in [-0.2, -0.15) is 0 Å². The highest BCUT2D eigenvalue weighted by Crippen LogP contribution is 2.30. The number of hydrogen-bond donors (Lipinski definition) is 1. The molecule has 0 aromatic heterocycles. The maximum absolute atomic E-state index is 11.9. The van der Waals surface area contributed by atoms with Crippen LogP contribution in [0.2, 0.25) is 0 Å². The number of rotatable bonds is 11. The van der Waals surface area contributed by atoms with Gasteiger partial charge in [0.25, 0.3) is 0 Å². The quantitative estimate of drug-likeness (QED) is 0.456. The number of ether oxygens (including phenoxy) is 2. The van der Waals surface area contributed by atoms with E-state index in [-0.39, 0.29) is 49.3 Å². The van der Waals surface area contributed by atoms with E-state index in [4.69, 9.17) is 14.6 Å². The van der Waals surface area contributed by atoms with Crippen LogP contribution in [0.25, 0.3) is 0 Å². The van der Waals surface area contributed by atoms with Gasteiger partial charge in [-0.3, -0.25) is 14.4 Å². The second-order valence-electron chi connectivity index (χ2n) is 7.51. The van der Waals surface area contributed by atoms with Gasteiger partial charge in [0.2, 0.25) is 0 Å². The fourth-order valence-corrected chi connectivity index (χ4v) is 2.43. The average Bonchev–Trinajstić information content (AvgIpc) is 2.46. The molecular weight excluding hydrogens is 312 g/mol. The Labute approximate surface area is 144 Å². The summed E-state index contributed by atoms with van der Waals surface area (Å²) in [7, 11) is 0. The Bertz CT molecular complexity index is 425. The van der Waals surface area contributed by atoms with Crippen LogP contribution in [0.3, 0.4) is 0 Å². The van der Waals surface area contributed by atoms with Gasteiger partial charge in [0.05, 0.1) is 12.5 Å². The van der Waals surface area contributed by atoms with Gasteiger partial charge in [-0.25, -0.2) is 0 Å². The molecule has 0 spiro atoms. The number of aliphatic carboxylic acids is 1. The van der Waals surface area contributed by atoms with Crippen molar-refractivity contribution in [1.82, 2.24) is 0 Å². The number of esters is 2. The molecule has 0 bridgehead atoms. The largest absolute Gasteiger partial charge is 0.481 e. The smallest absolute Gasteiger partial charge is 0.308 e. The van der Waals surface area contributed by atoms with Gasteiger partial charge in [0.1, 0.15) is 6.10 Å². The minimum atomic E-state index is -0.865. The van der Waals surface area contributed by atoms with Gasteiger partial charge in [-0.1, -0.05) is 41.5 Å². The molecule has 0 aliphatic carbocycles. The first-order chi connectivity index (χ1) is 11.0. The molecule has 6 nitrogen and oxygen atoms in total. The van der Waals surface area contributed by atoms with Gasteiger partial charge in [-0.05, 0) is 18.8 Å². The number of carbonyl (C=O) groups excluding carboxylic acids is 2. The first kappa shape index (κ1) is 22.4. The van der Waals surface area contributed by atoms with E-state index < -0.39 is 11.4 Å². The fourth-order valence-electron chi connectivity index (χ4n) is 2.43. The van der Waals surface area contributed by atoms with E-state index >= 15 is 0 Å². The number of carbonyl (C=O) groups is 3. The summed E-state index contributed by atoms with van der Waals surface area (Å²) < 4.78 is 10.9. The van der Waals surface area contributed by atoms with Crippen LogP contribution in [0.5, 0.6) is 0 Å². The first-order valence-corrected chi connectivity index (χ1v) is 8.55. The number of carboxylic acids is 1. The highest BCUT2D eigenvalue weighted by Gasteiger charge is 2.36. The Kier molecular flexibility index (Phi) is 9.63. The predicted octanol–water partition coefficient (Wildman–Crippen LogP) is 3.42. The zero-order valence-corrected chi connectivity index (χ0v) is 15.8. The zero-order chi connectivity index (χ0) is 18.9. The lowest BCUT2D eigenvalue weighted by atomic mass is 9.81. The van der Waals surface area contributed by atoms with Crippen LogP contribution in [0.15, 0.2) is 0 Å². The number of hydrogen-bond acceptors (Lipinski definition) is 5. The van der Waals surface area contributed by atoms with E-state index in [1.165, 1.54) is 0 Å². The normalized spacial score (nSPS) is 13.0. The molecule has 1 N–H and O–H groups in total. The van der Waals surface area contributed by atoms with Gasteiger partial charge >= 0.3 is 17.9 Å². The van der Waals surface area contributed by atoms with Crippen LogP contribution in [-0.2, 0) is 23.9 Å². The van der Waals surface area contributed by atoms with Gasteiger partial charge < -0.3 is 14.6 Å². The maximum Gasteiger partial charge on any atom is 0.308 e. The SMILES string of the molecule is CC(C)C(=O)OC(C(C)C)C(C)(C)COC(=O)CCCCC(=O)O. The average molecular weight is 344 g/mol. The molecule has 140 valence electrons. The third kappa shape index (κ3) is 8.89. The maximum atomic E-state index is 11.9. The van der Waals surface area contributed by atoms with E-state index in [0.29, 0.717) is 12.8 Å². The van der Waals surface area contributed by atoms with Crippen LogP contribution < -0.4 is 0 Å². The van der Waals surface area contributed by atoms with Crippen molar-refractivity contribution >= 4 is 17.9 Å². The summed E-state index contributed by atoms with van der Waals surface area (Å²) in [5, 5.41) is 8.56. The van der Waals surface area contributed by atoms with Crippen LogP contribution in [0, 0.1) is 17.3 Å². The minimum Gasteiger partial charge on any atom is -0.481 e. The van der Waals surface area contributed by atoms with Crippen molar-refractivity contribution in [2.75, 3.05) is 6.61 Å². The molecule has 0 radical (unpaired) electrons. The van der Waals surface area contributed by atoms with Crippen molar-refractivity contribution in [3.63, 3.8) is 0 Å². The Balaban J connectivity index is 4.48. The monoisotopic (exact) mass is 344 g/mol. The molecule has 6 heteroatoms. The van der Waals surface area contributed by atoms with Crippen LogP contribution in [-0.4, -0.2) is 35.7 Å². The molecule has 0 aromatic rings. The third-order valence-electron chi connectivity index (χ3n) is 3.72. The number of unbranched alkanes of at least 4 members (excludes halogenated alkanes) is 1. The molecular formula is C18H32O6. The van der Waals surface area contributed by atoms with Crippen molar-refractivity contribution in [3.05, 3.63) is 0 Å². The summed E-state index contributed by atoms with van der Waals surface area (Å²) in [6, 6.07) is 0. The molecule has 0 aromatic carbocycles. The van der Waals surface area contributed by atoms with Gasteiger partial charge in [0.15, 0.2) is 0 Å². The van der Waals surface area contributed by atoms with Crippen molar-refractivity contribution in [2.45, 2.75) is 73.3 Å². The zero-order valence-electron chi connectivity index (χ0n) is 15.8. The van der Waals surface area contributed by atoms with Crippen LogP contribution in [0.1, 0.15) is 67.2 Å². The summed E-state index contributed by atoms with van der Waals surface area (Å²) in [6.45, 7) is 11.5.